The van der Waals surface area contributed by atoms with Crippen LogP contribution in [0.5, 0.6) is 5.75 Å². The Morgan fingerprint density at radius 1 is 1.37 bits per heavy atom. The van der Waals surface area contributed by atoms with E-state index in [1.54, 1.807) is 0 Å². The molecule has 1 fully saturated rings. The van der Waals surface area contributed by atoms with E-state index in [9.17, 15) is 18.4 Å². The van der Waals surface area contributed by atoms with Gasteiger partial charge in [0.25, 0.3) is 0 Å². The molecule has 4 nitrogen and oxygen atoms in total. The van der Waals surface area contributed by atoms with E-state index in [4.69, 9.17) is 4.74 Å². The number of nitrogens with one attached hydrogen (secondary N) is 1. The van der Waals surface area contributed by atoms with Crippen molar-refractivity contribution in [3.63, 3.8) is 0 Å². The SMILES string of the molecule is O=Cc1cc(F)c(OCCC(=O)NC2CC2)c(F)c1. The predicted molar refractivity (Wildman–Crippen MR) is 63.0 cm³/mol. The van der Waals surface area contributed by atoms with Gasteiger partial charge < -0.3 is 10.1 Å². The Labute approximate surface area is 108 Å². The number of hydrogen-bond donors (Lipinski definition) is 1. The number of aldehydes is 1. The molecule has 0 saturated heterocycles. The van der Waals surface area contributed by atoms with Crippen LogP contribution in [0, 0.1) is 11.6 Å². The number of amides is 1. The van der Waals surface area contributed by atoms with Gasteiger partial charge in [0.15, 0.2) is 17.4 Å². The normalized spacial score (nSPS) is 14.0. The minimum absolute atomic E-state index is 0.0326. The van der Waals surface area contributed by atoms with Gasteiger partial charge in [-0.15, -0.1) is 0 Å². The number of halogens is 2. The van der Waals surface area contributed by atoms with Crippen LogP contribution >= 0.6 is 0 Å². The highest BCUT2D eigenvalue weighted by Crippen LogP contribution is 2.23. The molecule has 1 aromatic rings. The summed E-state index contributed by atoms with van der Waals surface area (Å²) in [4.78, 5) is 21.7. The van der Waals surface area contributed by atoms with Gasteiger partial charge >= 0.3 is 0 Å². The first-order valence-electron chi connectivity index (χ1n) is 5.96. The fraction of sp³-hybridized carbons (Fsp3) is 0.385. The van der Waals surface area contributed by atoms with E-state index in [-0.39, 0.29) is 30.5 Å². The average Bonchev–Trinajstić information content (AvgIpc) is 3.16. The van der Waals surface area contributed by atoms with Crippen LogP contribution in [0.4, 0.5) is 8.78 Å². The van der Waals surface area contributed by atoms with Crippen molar-refractivity contribution in [1.82, 2.24) is 5.32 Å². The van der Waals surface area contributed by atoms with Crippen LogP contribution in [0.15, 0.2) is 12.1 Å². The third-order valence-electron chi connectivity index (χ3n) is 2.67. The molecule has 19 heavy (non-hydrogen) atoms. The summed E-state index contributed by atoms with van der Waals surface area (Å²) in [5.74, 6) is -2.67. The van der Waals surface area contributed by atoms with Gasteiger partial charge in [-0.05, 0) is 25.0 Å². The number of carbonyl (C=O) groups is 2. The van der Waals surface area contributed by atoms with Gasteiger partial charge in [-0.3, -0.25) is 9.59 Å². The standard InChI is InChI=1S/C13H13F2NO3/c14-10-5-8(7-17)6-11(15)13(10)19-4-3-12(18)16-9-1-2-9/h5-7,9H,1-4H2,(H,16,18). The van der Waals surface area contributed by atoms with Gasteiger partial charge in [-0.2, -0.15) is 0 Å². The minimum atomic E-state index is -0.954. The second kappa shape index (κ2) is 5.77. The van der Waals surface area contributed by atoms with E-state index in [0.29, 0.717) is 6.29 Å². The highest BCUT2D eigenvalue weighted by molar-refractivity contribution is 5.76. The molecule has 1 aromatic carbocycles. The van der Waals surface area contributed by atoms with Gasteiger partial charge in [0.1, 0.15) is 6.29 Å². The van der Waals surface area contributed by atoms with E-state index in [1.807, 2.05) is 0 Å². The first-order valence-corrected chi connectivity index (χ1v) is 5.96. The number of hydrogen-bond acceptors (Lipinski definition) is 3. The van der Waals surface area contributed by atoms with E-state index in [2.05, 4.69) is 5.32 Å². The van der Waals surface area contributed by atoms with Crippen LogP contribution < -0.4 is 10.1 Å². The molecule has 1 N–H and O–H groups in total. The molecule has 0 aromatic heterocycles. The van der Waals surface area contributed by atoms with E-state index >= 15 is 0 Å². The third-order valence-corrected chi connectivity index (χ3v) is 2.67. The molecule has 0 atom stereocenters. The van der Waals surface area contributed by atoms with Gasteiger partial charge in [-0.25, -0.2) is 8.78 Å². The van der Waals surface area contributed by atoms with Gasteiger partial charge in [0.2, 0.25) is 5.91 Å². The lowest BCUT2D eigenvalue weighted by Gasteiger charge is -2.09. The lowest BCUT2D eigenvalue weighted by molar-refractivity contribution is -0.121. The summed E-state index contributed by atoms with van der Waals surface area (Å²) in [6.07, 6.45) is 2.33. The molecule has 0 unspecified atom stereocenters. The van der Waals surface area contributed by atoms with Crippen molar-refractivity contribution in [2.24, 2.45) is 0 Å². The van der Waals surface area contributed by atoms with E-state index in [0.717, 1.165) is 25.0 Å². The number of ether oxygens (including phenoxy) is 1. The lowest BCUT2D eigenvalue weighted by atomic mass is 10.2. The van der Waals surface area contributed by atoms with Crippen molar-refractivity contribution in [3.8, 4) is 5.75 Å². The topological polar surface area (TPSA) is 55.4 Å². The zero-order chi connectivity index (χ0) is 13.8. The third kappa shape index (κ3) is 3.74. The molecule has 0 spiro atoms. The Balaban J connectivity index is 1.88. The Bertz CT molecular complexity index is 478. The second-order valence-corrected chi connectivity index (χ2v) is 4.37. The summed E-state index contributed by atoms with van der Waals surface area (Å²) in [7, 11) is 0. The molecule has 2 rings (SSSR count). The maximum absolute atomic E-state index is 13.4. The van der Waals surface area contributed by atoms with Crippen LogP contribution in [0.25, 0.3) is 0 Å². The van der Waals surface area contributed by atoms with Gasteiger partial charge in [0.05, 0.1) is 13.0 Å². The average molecular weight is 269 g/mol. The van der Waals surface area contributed by atoms with Gasteiger partial charge in [0, 0.05) is 11.6 Å². The zero-order valence-electron chi connectivity index (χ0n) is 10.1. The van der Waals surface area contributed by atoms with Crippen molar-refractivity contribution >= 4 is 12.2 Å². The lowest BCUT2D eigenvalue weighted by Crippen LogP contribution is -2.26. The molecular formula is C13H13F2NO3. The smallest absolute Gasteiger partial charge is 0.223 e. The highest BCUT2D eigenvalue weighted by atomic mass is 19.1. The molecule has 0 aliphatic heterocycles. The molecule has 102 valence electrons. The molecule has 1 saturated carbocycles. The Morgan fingerprint density at radius 3 is 2.53 bits per heavy atom. The van der Waals surface area contributed by atoms with Crippen molar-refractivity contribution in [1.29, 1.82) is 0 Å². The summed E-state index contributed by atoms with van der Waals surface area (Å²) in [5.41, 5.74) is -0.103. The Kier molecular flexibility index (Phi) is 4.09. The monoisotopic (exact) mass is 269 g/mol. The van der Waals surface area contributed by atoms with Crippen LogP contribution in [0.2, 0.25) is 0 Å². The summed E-state index contributed by atoms with van der Waals surface area (Å²) in [6, 6.07) is 2.01. The molecule has 6 heteroatoms. The van der Waals surface area contributed by atoms with Crippen LogP contribution in [0.3, 0.4) is 0 Å². The molecule has 1 aliphatic rings. The minimum Gasteiger partial charge on any atom is -0.487 e. The van der Waals surface area contributed by atoms with Crippen molar-refractivity contribution in [2.45, 2.75) is 25.3 Å². The number of rotatable bonds is 6. The second-order valence-electron chi connectivity index (χ2n) is 4.37. The predicted octanol–water partition coefficient (Wildman–Crippen LogP) is 1.82. The molecule has 0 heterocycles. The number of carbonyl (C=O) groups excluding carboxylic acids is 2. The fourth-order valence-corrected chi connectivity index (χ4v) is 1.56. The van der Waals surface area contributed by atoms with Gasteiger partial charge in [-0.1, -0.05) is 0 Å². The summed E-state index contributed by atoms with van der Waals surface area (Å²) in [5, 5.41) is 2.73. The summed E-state index contributed by atoms with van der Waals surface area (Å²) in [6.45, 7) is -0.118. The largest absolute Gasteiger partial charge is 0.487 e. The van der Waals surface area contributed by atoms with Crippen molar-refractivity contribution < 1.29 is 23.1 Å². The molecule has 1 amide bonds. The molecule has 1 aliphatic carbocycles. The number of benzene rings is 1. The highest BCUT2D eigenvalue weighted by Gasteiger charge is 2.23. The summed E-state index contributed by atoms with van der Waals surface area (Å²) >= 11 is 0. The summed E-state index contributed by atoms with van der Waals surface area (Å²) < 4.78 is 31.7. The first kappa shape index (κ1) is 13.5. The first-order chi connectivity index (χ1) is 9.10. The van der Waals surface area contributed by atoms with Crippen LogP contribution in [-0.2, 0) is 4.79 Å². The van der Waals surface area contributed by atoms with Crippen molar-refractivity contribution in [3.05, 3.63) is 29.3 Å². The maximum Gasteiger partial charge on any atom is 0.223 e. The van der Waals surface area contributed by atoms with Crippen LogP contribution in [0.1, 0.15) is 29.6 Å². The van der Waals surface area contributed by atoms with E-state index < -0.39 is 17.4 Å². The van der Waals surface area contributed by atoms with Crippen LogP contribution in [-0.4, -0.2) is 24.8 Å². The van der Waals surface area contributed by atoms with Crippen molar-refractivity contribution in [2.75, 3.05) is 6.61 Å². The maximum atomic E-state index is 13.4. The molecular weight excluding hydrogens is 256 g/mol. The molecule has 0 bridgehead atoms. The Morgan fingerprint density at radius 2 is 2.00 bits per heavy atom. The molecule has 0 radical (unpaired) electrons. The zero-order valence-corrected chi connectivity index (χ0v) is 10.1. The fourth-order valence-electron chi connectivity index (χ4n) is 1.56. The quantitative estimate of drug-likeness (QED) is 0.801. The van der Waals surface area contributed by atoms with E-state index in [1.165, 1.54) is 0 Å². The Hall–Kier alpha value is -1.98.